The SMILES string of the molecule is Cc1nc2ccccc2n1CCCNC(=O)CC1CC2CCC(C1)N2. The number of amides is 1. The first-order chi connectivity index (χ1) is 12.2. The number of imidazole rings is 1. The number of carbonyl (C=O) groups is 1. The molecule has 4 rings (SSSR count). The molecule has 0 radical (unpaired) electrons. The van der Waals surface area contributed by atoms with Gasteiger partial charge in [-0.25, -0.2) is 4.98 Å². The Bertz CT molecular complexity index is 741. The van der Waals surface area contributed by atoms with Crippen molar-refractivity contribution >= 4 is 16.9 Å². The van der Waals surface area contributed by atoms with Crippen LogP contribution in [0.4, 0.5) is 0 Å². The molecular weight excluding hydrogens is 312 g/mol. The van der Waals surface area contributed by atoms with Gasteiger partial charge in [0.15, 0.2) is 0 Å². The van der Waals surface area contributed by atoms with E-state index in [0.717, 1.165) is 30.9 Å². The van der Waals surface area contributed by atoms with Gasteiger partial charge in [-0.3, -0.25) is 4.79 Å². The lowest BCUT2D eigenvalue weighted by Crippen LogP contribution is -2.39. The zero-order chi connectivity index (χ0) is 17.2. The van der Waals surface area contributed by atoms with Crippen molar-refractivity contribution in [3.8, 4) is 0 Å². The standard InChI is InChI=1S/C20H28N4O/c1-14-22-18-5-2-3-6-19(18)24(14)10-4-9-21-20(25)13-15-11-16-7-8-17(12-15)23-16/h2-3,5-6,15-17,23H,4,7-13H2,1H3,(H,21,25). The highest BCUT2D eigenvalue weighted by molar-refractivity contribution is 5.76. The van der Waals surface area contributed by atoms with Crippen LogP contribution < -0.4 is 10.6 Å². The number of rotatable bonds is 6. The minimum atomic E-state index is 0.221. The lowest BCUT2D eigenvalue weighted by molar-refractivity contribution is -0.122. The maximum absolute atomic E-state index is 12.2. The molecule has 2 saturated heterocycles. The highest BCUT2D eigenvalue weighted by Crippen LogP contribution is 2.32. The van der Waals surface area contributed by atoms with Gasteiger partial charge < -0.3 is 15.2 Å². The number of para-hydroxylation sites is 2. The molecule has 2 N–H and O–H groups in total. The van der Waals surface area contributed by atoms with E-state index < -0.39 is 0 Å². The zero-order valence-corrected chi connectivity index (χ0v) is 15.0. The van der Waals surface area contributed by atoms with Gasteiger partial charge in [0.2, 0.25) is 5.91 Å². The van der Waals surface area contributed by atoms with Crippen molar-refractivity contribution in [1.82, 2.24) is 20.2 Å². The summed E-state index contributed by atoms with van der Waals surface area (Å²) in [4.78, 5) is 16.8. The van der Waals surface area contributed by atoms with Crippen molar-refractivity contribution in [3.05, 3.63) is 30.1 Å². The molecule has 3 heterocycles. The van der Waals surface area contributed by atoms with Crippen molar-refractivity contribution in [2.24, 2.45) is 5.92 Å². The first-order valence-electron chi connectivity index (χ1n) is 9.63. The van der Waals surface area contributed by atoms with Crippen LogP contribution >= 0.6 is 0 Å². The van der Waals surface area contributed by atoms with E-state index in [1.54, 1.807) is 0 Å². The van der Waals surface area contributed by atoms with E-state index in [9.17, 15) is 4.79 Å². The molecule has 0 aliphatic carbocycles. The molecule has 2 bridgehead atoms. The van der Waals surface area contributed by atoms with E-state index in [1.807, 2.05) is 25.1 Å². The summed E-state index contributed by atoms with van der Waals surface area (Å²) in [6.45, 7) is 3.68. The van der Waals surface area contributed by atoms with Crippen molar-refractivity contribution < 1.29 is 4.79 Å². The van der Waals surface area contributed by atoms with Gasteiger partial charge >= 0.3 is 0 Å². The summed E-state index contributed by atoms with van der Waals surface area (Å²) in [5, 5.41) is 6.76. The molecule has 2 unspecified atom stereocenters. The number of aryl methyl sites for hydroxylation is 2. The number of fused-ring (bicyclic) bond motifs is 3. The average molecular weight is 340 g/mol. The van der Waals surface area contributed by atoms with Crippen LogP contribution in [0.2, 0.25) is 0 Å². The predicted octanol–water partition coefficient (Wildman–Crippen LogP) is 2.77. The second-order valence-electron chi connectivity index (χ2n) is 7.68. The Morgan fingerprint density at radius 1 is 1.28 bits per heavy atom. The number of nitrogens with one attached hydrogen (secondary N) is 2. The normalized spacial score (nSPS) is 25.4. The van der Waals surface area contributed by atoms with Crippen molar-refractivity contribution in [2.45, 2.75) is 64.1 Å². The molecule has 1 amide bonds. The summed E-state index contributed by atoms with van der Waals surface area (Å²) in [5.41, 5.74) is 2.22. The minimum absolute atomic E-state index is 0.221. The van der Waals surface area contributed by atoms with Gasteiger partial charge in [-0.2, -0.15) is 0 Å². The maximum atomic E-state index is 12.2. The van der Waals surface area contributed by atoms with E-state index in [2.05, 4.69) is 26.3 Å². The van der Waals surface area contributed by atoms with E-state index in [0.29, 0.717) is 24.4 Å². The molecule has 1 aromatic heterocycles. The molecule has 0 spiro atoms. The number of hydrogen-bond donors (Lipinski definition) is 2. The average Bonchev–Trinajstić information content (AvgIpc) is 3.10. The number of nitrogens with zero attached hydrogens (tertiary/aromatic N) is 2. The first kappa shape index (κ1) is 16.6. The maximum Gasteiger partial charge on any atom is 0.220 e. The third-order valence-corrected chi connectivity index (χ3v) is 5.77. The van der Waals surface area contributed by atoms with Gasteiger partial charge in [0.1, 0.15) is 5.82 Å². The monoisotopic (exact) mass is 340 g/mol. The molecule has 5 heteroatoms. The summed E-state index contributed by atoms with van der Waals surface area (Å²) >= 11 is 0. The number of benzene rings is 1. The van der Waals surface area contributed by atoms with E-state index in [4.69, 9.17) is 0 Å². The van der Waals surface area contributed by atoms with Crippen molar-refractivity contribution in [2.75, 3.05) is 6.54 Å². The van der Waals surface area contributed by atoms with E-state index >= 15 is 0 Å². The topological polar surface area (TPSA) is 59.0 Å². The molecule has 1 aromatic carbocycles. The Labute approximate surface area is 149 Å². The van der Waals surface area contributed by atoms with Crippen LogP contribution in [-0.2, 0) is 11.3 Å². The molecule has 2 aliphatic heterocycles. The predicted molar refractivity (Wildman–Crippen MR) is 99.4 cm³/mol. The van der Waals surface area contributed by atoms with Crippen LogP contribution in [0.25, 0.3) is 11.0 Å². The first-order valence-corrected chi connectivity index (χ1v) is 9.63. The van der Waals surface area contributed by atoms with Crippen LogP contribution in [0.3, 0.4) is 0 Å². The van der Waals surface area contributed by atoms with Gasteiger partial charge in [0, 0.05) is 31.6 Å². The second kappa shape index (κ2) is 7.16. The summed E-state index contributed by atoms with van der Waals surface area (Å²) in [6.07, 6.45) is 6.56. The van der Waals surface area contributed by atoms with Crippen LogP contribution in [0.5, 0.6) is 0 Å². The summed E-state index contributed by atoms with van der Waals surface area (Å²) < 4.78 is 2.24. The van der Waals surface area contributed by atoms with Gasteiger partial charge in [0.25, 0.3) is 0 Å². The number of piperidine rings is 1. The van der Waals surface area contributed by atoms with Crippen molar-refractivity contribution in [1.29, 1.82) is 0 Å². The fourth-order valence-electron chi connectivity index (χ4n) is 4.62. The molecule has 134 valence electrons. The second-order valence-corrected chi connectivity index (χ2v) is 7.68. The lowest BCUT2D eigenvalue weighted by Gasteiger charge is -2.28. The summed E-state index contributed by atoms with van der Waals surface area (Å²) in [6, 6.07) is 9.55. The fourth-order valence-corrected chi connectivity index (χ4v) is 4.62. The Hall–Kier alpha value is -1.88. The minimum Gasteiger partial charge on any atom is -0.356 e. The van der Waals surface area contributed by atoms with Crippen molar-refractivity contribution in [3.63, 3.8) is 0 Å². The molecule has 2 atom stereocenters. The number of hydrogen-bond acceptors (Lipinski definition) is 3. The largest absolute Gasteiger partial charge is 0.356 e. The quantitative estimate of drug-likeness (QED) is 0.795. The summed E-state index contributed by atoms with van der Waals surface area (Å²) in [5.74, 6) is 1.83. The fraction of sp³-hybridized carbons (Fsp3) is 0.600. The molecule has 2 aromatic rings. The molecular formula is C20H28N4O. The Morgan fingerprint density at radius 3 is 2.84 bits per heavy atom. The number of aromatic nitrogens is 2. The Morgan fingerprint density at radius 2 is 2.04 bits per heavy atom. The number of carbonyl (C=O) groups excluding carboxylic acids is 1. The van der Waals surface area contributed by atoms with Crippen LogP contribution in [0.15, 0.2) is 24.3 Å². The molecule has 2 fully saturated rings. The van der Waals surface area contributed by atoms with E-state index in [-0.39, 0.29) is 5.91 Å². The lowest BCUT2D eigenvalue weighted by atomic mass is 9.89. The zero-order valence-electron chi connectivity index (χ0n) is 15.0. The van der Waals surface area contributed by atoms with Crippen LogP contribution in [-0.4, -0.2) is 34.1 Å². The molecule has 5 nitrogen and oxygen atoms in total. The Balaban J connectivity index is 1.22. The third-order valence-electron chi connectivity index (χ3n) is 5.77. The Kier molecular flexibility index (Phi) is 4.75. The van der Waals surface area contributed by atoms with Gasteiger partial charge in [0.05, 0.1) is 11.0 Å². The molecule has 2 aliphatic rings. The van der Waals surface area contributed by atoms with Gasteiger partial charge in [-0.05, 0) is 57.1 Å². The highest BCUT2D eigenvalue weighted by atomic mass is 16.1. The molecule has 25 heavy (non-hydrogen) atoms. The van der Waals surface area contributed by atoms with Gasteiger partial charge in [-0.1, -0.05) is 12.1 Å². The molecule has 0 saturated carbocycles. The van der Waals surface area contributed by atoms with Crippen LogP contribution in [0.1, 0.15) is 44.3 Å². The smallest absolute Gasteiger partial charge is 0.220 e. The summed E-state index contributed by atoms with van der Waals surface area (Å²) in [7, 11) is 0. The van der Waals surface area contributed by atoms with Crippen LogP contribution in [0, 0.1) is 12.8 Å². The van der Waals surface area contributed by atoms with E-state index in [1.165, 1.54) is 31.2 Å². The highest BCUT2D eigenvalue weighted by Gasteiger charge is 2.34. The third kappa shape index (κ3) is 3.71. The van der Waals surface area contributed by atoms with Gasteiger partial charge in [-0.15, -0.1) is 0 Å².